The Morgan fingerprint density at radius 3 is 2.55 bits per heavy atom. The number of fused-ring (bicyclic) bond motifs is 3. The molecule has 3 atom stereocenters. The SMILES string of the molecule is CC(C)Nc1cc(-c2ccc3cc(C#N)cnn23)ncc1-c1nnc(N2C[C@H]3CC[C@@H](C2)C3NC(=O)C2CCN(C3COC3)CC2)s1. The summed E-state index contributed by atoms with van der Waals surface area (Å²) in [6.45, 7) is 9.65. The van der Waals surface area contributed by atoms with Gasteiger partial charge in [-0.3, -0.25) is 14.7 Å². The van der Waals surface area contributed by atoms with E-state index in [4.69, 9.17) is 9.72 Å². The van der Waals surface area contributed by atoms with Gasteiger partial charge in [0.25, 0.3) is 0 Å². The van der Waals surface area contributed by atoms with Gasteiger partial charge in [0.05, 0.1) is 53.5 Å². The number of carbonyl (C=O) groups is 1. The molecular formula is C34H40N10O2S. The molecule has 4 aromatic rings. The highest BCUT2D eigenvalue weighted by Gasteiger charge is 2.44. The van der Waals surface area contributed by atoms with E-state index in [0.29, 0.717) is 23.4 Å². The summed E-state index contributed by atoms with van der Waals surface area (Å²) in [7, 11) is 0. The van der Waals surface area contributed by atoms with Crippen molar-refractivity contribution in [3.05, 3.63) is 42.2 Å². The van der Waals surface area contributed by atoms with E-state index in [-0.39, 0.29) is 23.9 Å². The molecule has 0 spiro atoms. The first kappa shape index (κ1) is 30.2. The average molecular weight is 653 g/mol. The van der Waals surface area contributed by atoms with E-state index in [1.165, 1.54) is 0 Å². The maximum atomic E-state index is 13.3. The topological polar surface area (TPSA) is 137 Å². The number of rotatable bonds is 8. The molecular weight excluding hydrogens is 613 g/mol. The highest BCUT2D eigenvalue weighted by Crippen LogP contribution is 2.42. The third-order valence-electron chi connectivity index (χ3n) is 10.3. The Kier molecular flexibility index (Phi) is 8.03. The predicted octanol–water partition coefficient (Wildman–Crippen LogP) is 4.05. The van der Waals surface area contributed by atoms with E-state index < -0.39 is 0 Å². The zero-order valence-corrected chi connectivity index (χ0v) is 27.6. The van der Waals surface area contributed by atoms with Crippen molar-refractivity contribution in [2.24, 2.45) is 17.8 Å². The van der Waals surface area contributed by atoms with Gasteiger partial charge in [0, 0.05) is 43.0 Å². The minimum atomic E-state index is 0.119. The quantitative estimate of drug-likeness (QED) is 0.287. The molecule has 1 amide bonds. The second-order valence-electron chi connectivity index (χ2n) is 13.8. The summed E-state index contributed by atoms with van der Waals surface area (Å²) in [6.07, 6.45) is 7.58. The van der Waals surface area contributed by atoms with E-state index in [0.717, 1.165) is 103 Å². The van der Waals surface area contributed by atoms with Crippen LogP contribution >= 0.6 is 11.3 Å². The molecule has 0 radical (unpaired) electrons. The van der Waals surface area contributed by atoms with Crippen molar-refractivity contribution >= 4 is 33.6 Å². The van der Waals surface area contributed by atoms with Crippen LogP contribution in [0, 0.1) is 29.1 Å². The Morgan fingerprint density at radius 2 is 1.85 bits per heavy atom. The molecule has 3 saturated heterocycles. The third-order valence-corrected chi connectivity index (χ3v) is 11.4. The van der Waals surface area contributed by atoms with Crippen LogP contribution in [0.4, 0.5) is 10.8 Å². The number of amides is 1. The van der Waals surface area contributed by atoms with E-state index in [9.17, 15) is 10.1 Å². The number of hydrogen-bond donors (Lipinski definition) is 2. The molecule has 7 heterocycles. The summed E-state index contributed by atoms with van der Waals surface area (Å²) >= 11 is 1.60. The Balaban J connectivity index is 0.956. The van der Waals surface area contributed by atoms with Gasteiger partial charge in [0.1, 0.15) is 6.07 Å². The molecule has 4 aromatic heterocycles. The van der Waals surface area contributed by atoms with E-state index in [1.54, 1.807) is 22.0 Å². The summed E-state index contributed by atoms with van der Waals surface area (Å²) < 4.78 is 7.17. The van der Waals surface area contributed by atoms with Crippen LogP contribution in [0.15, 0.2) is 36.7 Å². The summed E-state index contributed by atoms with van der Waals surface area (Å²) in [6, 6.07) is 10.9. The Labute approximate surface area is 278 Å². The summed E-state index contributed by atoms with van der Waals surface area (Å²) in [5, 5.41) is 31.8. The highest BCUT2D eigenvalue weighted by atomic mass is 32.1. The Bertz CT molecular complexity index is 1800. The Morgan fingerprint density at radius 1 is 1.06 bits per heavy atom. The lowest BCUT2D eigenvalue weighted by Crippen LogP contribution is -2.56. The lowest BCUT2D eigenvalue weighted by atomic mass is 9.90. The molecule has 1 saturated carbocycles. The molecule has 8 rings (SSSR count). The molecule has 0 aromatic carbocycles. The van der Waals surface area contributed by atoms with Crippen molar-refractivity contribution in [2.75, 3.05) is 49.6 Å². The van der Waals surface area contributed by atoms with E-state index >= 15 is 0 Å². The number of likely N-dealkylation sites (tertiary alicyclic amines) is 1. The molecule has 2 bridgehead atoms. The van der Waals surface area contributed by atoms with Crippen molar-refractivity contribution in [3.63, 3.8) is 0 Å². The monoisotopic (exact) mass is 652 g/mol. The largest absolute Gasteiger partial charge is 0.382 e. The van der Waals surface area contributed by atoms with Gasteiger partial charge in [-0.05, 0) is 88.7 Å². The maximum Gasteiger partial charge on any atom is 0.223 e. The first-order chi connectivity index (χ1) is 22.9. The van der Waals surface area contributed by atoms with E-state index in [2.05, 4.69) is 55.6 Å². The smallest absolute Gasteiger partial charge is 0.223 e. The van der Waals surface area contributed by atoms with Gasteiger partial charge in [-0.1, -0.05) is 11.3 Å². The number of pyridine rings is 1. The number of carbonyl (C=O) groups excluding carboxylic acids is 1. The normalized spacial score (nSPS) is 23.6. The highest BCUT2D eigenvalue weighted by molar-refractivity contribution is 7.18. The minimum absolute atomic E-state index is 0.119. The number of ether oxygens (including phenoxy) is 1. The van der Waals surface area contributed by atoms with Crippen molar-refractivity contribution < 1.29 is 9.53 Å². The van der Waals surface area contributed by atoms with Gasteiger partial charge < -0.3 is 20.3 Å². The fourth-order valence-corrected chi connectivity index (χ4v) is 8.65. The van der Waals surface area contributed by atoms with Gasteiger partial charge in [0.2, 0.25) is 11.0 Å². The van der Waals surface area contributed by atoms with Crippen molar-refractivity contribution in [3.8, 4) is 28.0 Å². The van der Waals surface area contributed by atoms with E-state index in [1.807, 2.05) is 30.5 Å². The molecule has 1 aliphatic carbocycles. The van der Waals surface area contributed by atoms with Crippen LogP contribution in [0.2, 0.25) is 0 Å². The number of piperidine rings is 2. The lowest BCUT2D eigenvalue weighted by molar-refractivity contribution is -0.129. The number of nitriles is 1. The number of anilines is 2. The van der Waals surface area contributed by atoms with Gasteiger partial charge in [0.15, 0.2) is 5.01 Å². The second kappa shape index (κ2) is 12.5. The zero-order valence-electron chi connectivity index (χ0n) is 26.8. The van der Waals surface area contributed by atoms with Crippen molar-refractivity contribution in [1.82, 2.24) is 35.0 Å². The fraction of sp³-hybridized carbons (Fsp3) is 0.529. The third kappa shape index (κ3) is 5.83. The molecule has 13 heteroatoms. The number of nitrogens with zero attached hydrogens (tertiary/aromatic N) is 8. The number of hydrogen-bond acceptors (Lipinski definition) is 11. The van der Waals surface area contributed by atoms with Crippen molar-refractivity contribution in [1.29, 1.82) is 5.26 Å². The van der Waals surface area contributed by atoms with Gasteiger partial charge in [-0.15, -0.1) is 10.2 Å². The van der Waals surface area contributed by atoms with Gasteiger partial charge in [-0.2, -0.15) is 10.4 Å². The van der Waals surface area contributed by atoms with Crippen LogP contribution < -0.4 is 15.5 Å². The Hall–Kier alpha value is -4.12. The van der Waals surface area contributed by atoms with Crippen LogP contribution in [-0.2, 0) is 9.53 Å². The number of aromatic nitrogens is 5. The molecule has 4 aliphatic rings. The molecule has 47 heavy (non-hydrogen) atoms. The average Bonchev–Trinajstić information content (AvgIpc) is 3.76. The molecule has 12 nitrogen and oxygen atoms in total. The summed E-state index contributed by atoms with van der Waals surface area (Å²) in [5.41, 5.74) is 4.83. The maximum absolute atomic E-state index is 13.3. The first-order valence-electron chi connectivity index (χ1n) is 16.8. The van der Waals surface area contributed by atoms with Crippen LogP contribution in [0.1, 0.15) is 45.1 Å². The number of nitrogens with one attached hydrogen (secondary N) is 2. The molecule has 2 N–H and O–H groups in total. The van der Waals surface area contributed by atoms with Crippen LogP contribution in [0.5, 0.6) is 0 Å². The standard InChI is InChI=1S/C34H40N10O2S/c1-20(2)38-28-12-29(30-6-5-25-11-21(13-35)14-37-44(25)30)36-15-27(28)33-40-41-34(47-33)43-16-23-3-4-24(17-43)31(23)39-32(45)22-7-9-42(10-8-22)26-18-46-19-26/h5-6,11-12,14-15,20,22-24,26,31H,3-4,7-10,16-19H2,1-2H3,(H,36,38)(H,39,45)/t23-,24+,31?. The molecule has 3 aliphatic heterocycles. The van der Waals surface area contributed by atoms with Crippen LogP contribution in [-0.4, -0.2) is 93.1 Å². The summed E-state index contributed by atoms with van der Waals surface area (Å²) in [5.74, 6) is 1.21. The zero-order chi connectivity index (χ0) is 32.1. The lowest BCUT2D eigenvalue weighted by Gasteiger charge is -2.42. The first-order valence-corrected chi connectivity index (χ1v) is 17.6. The van der Waals surface area contributed by atoms with Crippen LogP contribution in [0.3, 0.4) is 0 Å². The van der Waals surface area contributed by atoms with Crippen molar-refractivity contribution in [2.45, 2.75) is 57.7 Å². The fourth-order valence-electron chi connectivity index (χ4n) is 7.76. The predicted molar refractivity (Wildman–Crippen MR) is 180 cm³/mol. The summed E-state index contributed by atoms with van der Waals surface area (Å²) in [4.78, 5) is 23.0. The van der Waals surface area contributed by atoms with Gasteiger partial charge in [-0.25, -0.2) is 4.52 Å². The second-order valence-corrected chi connectivity index (χ2v) is 14.7. The van der Waals surface area contributed by atoms with Gasteiger partial charge >= 0.3 is 0 Å². The molecule has 4 fully saturated rings. The minimum Gasteiger partial charge on any atom is -0.382 e. The molecule has 1 unspecified atom stereocenters. The molecule has 244 valence electrons. The van der Waals surface area contributed by atoms with Crippen LogP contribution in [0.25, 0.3) is 27.5 Å².